The first kappa shape index (κ1) is 14.9. The molecule has 0 heterocycles. The summed E-state index contributed by atoms with van der Waals surface area (Å²) in [5.74, 6) is 0.170. The lowest BCUT2D eigenvalue weighted by Crippen LogP contribution is -2.34. The highest BCUT2D eigenvalue weighted by Gasteiger charge is 2.25. The SMILES string of the molecule is CCC(O)(CC)COc1ccc(Br)cc1[N+](=O)[O-]. The maximum atomic E-state index is 10.9. The molecule has 0 aliphatic rings. The lowest BCUT2D eigenvalue weighted by Gasteiger charge is -2.24. The number of nitro groups is 1. The number of halogens is 1. The van der Waals surface area contributed by atoms with Crippen LogP contribution in [0.5, 0.6) is 5.75 Å². The molecule has 0 amide bonds. The summed E-state index contributed by atoms with van der Waals surface area (Å²) >= 11 is 3.17. The van der Waals surface area contributed by atoms with Crippen molar-refractivity contribution in [2.75, 3.05) is 6.61 Å². The molecule has 0 spiro atoms. The Bertz CT molecular complexity index is 432. The van der Waals surface area contributed by atoms with Gasteiger partial charge in [-0.15, -0.1) is 0 Å². The summed E-state index contributed by atoms with van der Waals surface area (Å²) in [5, 5.41) is 20.9. The van der Waals surface area contributed by atoms with Gasteiger partial charge in [0.1, 0.15) is 6.61 Å². The van der Waals surface area contributed by atoms with Gasteiger partial charge in [0.2, 0.25) is 0 Å². The van der Waals surface area contributed by atoms with Crippen LogP contribution in [0.1, 0.15) is 26.7 Å². The highest BCUT2D eigenvalue weighted by Crippen LogP contribution is 2.31. The second kappa shape index (κ2) is 6.15. The van der Waals surface area contributed by atoms with Gasteiger partial charge < -0.3 is 9.84 Å². The molecule has 0 aliphatic heterocycles. The Hall–Kier alpha value is -1.14. The zero-order valence-corrected chi connectivity index (χ0v) is 11.9. The van der Waals surface area contributed by atoms with Crippen LogP contribution in [0.4, 0.5) is 5.69 Å². The number of hydrogen-bond acceptors (Lipinski definition) is 4. The molecular weight excluding hydrogens is 302 g/mol. The average molecular weight is 318 g/mol. The van der Waals surface area contributed by atoms with Crippen LogP contribution in [-0.2, 0) is 0 Å². The number of nitro benzene ring substituents is 1. The first-order chi connectivity index (χ1) is 8.41. The number of nitrogens with zero attached hydrogens (tertiary/aromatic N) is 1. The van der Waals surface area contributed by atoms with E-state index in [1.807, 2.05) is 13.8 Å². The van der Waals surface area contributed by atoms with Crippen molar-refractivity contribution in [1.82, 2.24) is 0 Å². The highest BCUT2D eigenvalue weighted by atomic mass is 79.9. The lowest BCUT2D eigenvalue weighted by atomic mass is 9.99. The van der Waals surface area contributed by atoms with E-state index in [2.05, 4.69) is 15.9 Å². The first-order valence-electron chi connectivity index (χ1n) is 5.71. The van der Waals surface area contributed by atoms with Gasteiger partial charge in [-0.1, -0.05) is 29.8 Å². The van der Waals surface area contributed by atoms with Crippen molar-refractivity contribution in [3.05, 3.63) is 32.8 Å². The topological polar surface area (TPSA) is 72.6 Å². The Kier molecular flexibility index (Phi) is 5.10. The van der Waals surface area contributed by atoms with E-state index in [1.54, 1.807) is 6.07 Å². The monoisotopic (exact) mass is 317 g/mol. The molecule has 5 nitrogen and oxygen atoms in total. The van der Waals surface area contributed by atoms with Crippen LogP contribution in [-0.4, -0.2) is 22.2 Å². The zero-order valence-electron chi connectivity index (χ0n) is 10.4. The minimum absolute atomic E-state index is 0.0441. The molecule has 0 saturated carbocycles. The van der Waals surface area contributed by atoms with Crippen LogP contribution in [0.2, 0.25) is 0 Å². The molecule has 0 aliphatic carbocycles. The van der Waals surface area contributed by atoms with Crippen LogP contribution in [0.25, 0.3) is 0 Å². The van der Waals surface area contributed by atoms with E-state index < -0.39 is 10.5 Å². The first-order valence-corrected chi connectivity index (χ1v) is 6.50. The van der Waals surface area contributed by atoms with Crippen molar-refractivity contribution in [3.63, 3.8) is 0 Å². The number of hydrogen-bond donors (Lipinski definition) is 1. The highest BCUT2D eigenvalue weighted by molar-refractivity contribution is 9.10. The molecule has 0 bridgehead atoms. The van der Waals surface area contributed by atoms with Crippen LogP contribution in [0.15, 0.2) is 22.7 Å². The Balaban J connectivity index is 2.88. The van der Waals surface area contributed by atoms with Crippen molar-refractivity contribution in [3.8, 4) is 5.75 Å². The normalized spacial score (nSPS) is 11.3. The average Bonchev–Trinajstić information content (AvgIpc) is 2.36. The quantitative estimate of drug-likeness (QED) is 0.645. The smallest absolute Gasteiger partial charge is 0.312 e. The molecule has 6 heteroatoms. The molecule has 18 heavy (non-hydrogen) atoms. The second-order valence-electron chi connectivity index (χ2n) is 4.09. The molecule has 0 aromatic heterocycles. The fraction of sp³-hybridized carbons (Fsp3) is 0.500. The van der Waals surface area contributed by atoms with Crippen molar-refractivity contribution in [2.45, 2.75) is 32.3 Å². The van der Waals surface area contributed by atoms with Crippen molar-refractivity contribution in [1.29, 1.82) is 0 Å². The van der Waals surface area contributed by atoms with E-state index in [-0.39, 0.29) is 18.0 Å². The largest absolute Gasteiger partial charge is 0.484 e. The number of benzene rings is 1. The molecule has 0 radical (unpaired) electrons. The fourth-order valence-corrected chi connectivity index (χ4v) is 1.77. The molecular formula is C12H16BrNO4. The van der Waals surface area contributed by atoms with Crippen LogP contribution in [0, 0.1) is 10.1 Å². The Morgan fingerprint density at radius 2 is 2.06 bits per heavy atom. The molecule has 100 valence electrons. The van der Waals surface area contributed by atoms with Gasteiger partial charge in [0.15, 0.2) is 5.75 Å². The summed E-state index contributed by atoms with van der Waals surface area (Å²) in [4.78, 5) is 10.4. The second-order valence-corrected chi connectivity index (χ2v) is 5.00. The third-order valence-electron chi connectivity index (χ3n) is 2.93. The maximum Gasteiger partial charge on any atom is 0.312 e. The van der Waals surface area contributed by atoms with Gasteiger partial charge in [0.25, 0.3) is 0 Å². The van der Waals surface area contributed by atoms with E-state index >= 15 is 0 Å². The van der Waals surface area contributed by atoms with E-state index in [1.165, 1.54) is 12.1 Å². The molecule has 1 N–H and O–H groups in total. The van der Waals surface area contributed by atoms with E-state index in [9.17, 15) is 15.2 Å². The predicted octanol–water partition coefficient (Wildman–Crippen LogP) is 3.29. The third kappa shape index (κ3) is 3.68. The molecule has 0 atom stereocenters. The van der Waals surface area contributed by atoms with Crippen LogP contribution < -0.4 is 4.74 Å². The predicted molar refractivity (Wildman–Crippen MR) is 71.8 cm³/mol. The van der Waals surface area contributed by atoms with Crippen molar-refractivity contribution < 1.29 is 14.8 Å². The van der Waals surface area contributed by atoms with E-state index in [0.29, 0.717) is 17.3 Å². The summed E-state index contributed by atoms with van der Waals surface area (Å²) in [7, 11) is 0. The van der Waals surface area contributed by atoms with Gasteiger partial charge in [-0.05, 0) is 25.0 Å². The maximum absolute atomic E-state index is 10.9. The van der Waals surface area contributed by atoms with E-state index in [0.717, 1.165) is 0 Å². The third-order valence-corrected chi connectivity index (χ3v) is 3.42. The van der Waals surface area contributed by atoms with Crippen LogP contribution >= 0.6 is 15.9 Å². The minimum Gasteiger partial charge on any atom is -0.484 e. The summed E-state index contributed by atoms with van der Waals surface area (Å²) < 4.78 is 6.00. The van der Waals surface area contributed by atoms with Crippen LogP contribution in [0.3, 0.4) is 0 Å². The summed E-state index contributed by atoms with van der Waals surface area (Å²) in [6.45, 7) is 3.74. The van der Waals surface area contributed by atoms with Gasteiger partial charge >= 0.3 is 5.69 Å². The summed E-state index contributed by atoms with van der Waals surface area (Å²) in [6.07, 6.45) is 1.07. The van der Waals surface area contributed by atoms with Crippen molar-refractivity contribution >= 4 is 21.6 Å². The molecule has 0 saturated heterocycles. The Morgan fingerprint density at radius 1 is 1.44 bits per heavy atom. The Morgan fingerprint density at radius 3 is 2.56 bits per heavy atom. The van der Waals surface area contributed by atoms with E-state index in [4.69, 9.17) is 4.74 Å². The molecule has 1 aromatic carbocycles. The number of ether oxygens (including phenoxy) is 1. The Labute approximate surface area is 114 Å². The molecule has 1 aromatic rings. The number of aliphatic hydroxyl groups is 1. The summed E-state index contributed by atoms with van der Waals surface area (Å²) in [6, 6.07) is 4.57. The van der Waals surface area contributed by atoms with Gasteiger partial charge in [-0.2, -0.15) is 0 Å². The molecule has 0 fully saturated rings. The fourth-order valence-electron chi connectivity index (χ4n) is 1.42. The van der Waals surface area contributed by atoms with Gasteiger partial charge in [0, 0.05) is 10.5 Å². The number of rotatable bonds is 6. The van der Waals surface area contributed by atoms with Gasteiger partial charge in [-0.3, -0.25) is 10.1 Å². The standard InChI is InChI=1S/C12H16BrNO4/c1-3-12(15,4-2)8-18-11-6-5-9(13)7-10(11)14(16)17/h5-7,15H,3-4,8H2,1-2H3. The van der Waals surface area contributed by atoms with Gasteiger partial charge in [-0.25, -0.2) is 0 Å². The van der Waals surface area contributed by atoms with Gasteiger partial charge in [0.05, 0.1) is 10.5 Å². The molecule has 1 rings (SSSR count). The summed E-state index contributed by atoms with van der Waals surface area (Å²) in [5.41, 5.74) is -1.06. The zero-order chi connectivity index (χ0) is 13.8. The van der Waals surface area contributed by atoms with Crippen molar-refractivity contribution in [2.24, 2.45) is 0 Å². The lowest BCUT2D eigenvalue weighted by molar-refractivity contribution is -0.386. The minimum atomic E-state index is -0.944. The molecule has 0 unspecified atom stereocenters.